The van der Waals surface area contributed by atoms with Crippen LogP contribution in [0.25, 0.3) is 0 Å². The molecule has 5 heteroatoms. The lowest BCUT2D eigenvalue weighted by Crippen LogP contribution is -2.52. The first-order chi connectivity index (χ1) is 10.6. The van der Waals surface area contributed by atoms with Crippen molar-refractivity contribution >= 4 is 5.91 Å². The molecule has 1 aromatic rings. The molecule has 0 aromatic heterocycles. The second-order valence-electron chi connectivity index (χ2n) is 6.02. The van der Waals surface area contributed by atoms with Crippen molar-refractivity contribution in [3.63, 3.8) is 0 Å². The maximum atomic E-state index is 12.2. The molecule has 2 unspecified atom stereocenters. The Bertz CT molecular complexity index is 491. The zero-order valence-corrected chi connectivity index (χ0v) is 13.5. The molecule has 2 rings (SSSR count). The lowest BCUT2D eigenvalue weighted by atomic mass is 9.97. The van der Waals surface area contributed by atoms with Crippen molar-refractivity contribution in [3.8, 4) is 5.75 Å². The molecule has 1 aliphatic heterocycles. The van der Waals surface area contributed by atoms with Crippen LogP contribution in [0.15, 0.2) is 24.3 Å². The van der Waals surface area contributed by atoms with Gasteiger partial charge in [-0.2, -0.15) is 0 Å². The lowest BCUT2D eigenvalue weighted by Gasteiger charge is -2.37. The zero-order valence-electron chi connectivity index (χ0n) is 13.5. The molecule has 0 saturated carbocycles. The summed E-state index contributed by atoms with van der Waals surface area (Å²) in [6, 6.07) is 8.16. The monoisotopic (exact) mass is 305 g/mol. The molecule has 1 aliphatic rings. The second kappa shape index (κ2) is 8.15. The number of piperidine rings is 1. The molecule has 1 amide bonds. The van der Waals surface area contributed by atoms with Gasteiger partial charge in [-0.1, -0.05) is 18.6 Å². The highest BCUT2D eigenvalue weighted by molar-refractivity contribution is 5.78. The maximum Gasteiger partial charge on any atom is 0.234 e. The molecule has 3 N–H and O–H groups in total. The van der Waals surface area contributed by atoms with Crippen LogP contribution in [0.2, 0.25) is 0 Å². The van der Waals surface area contributed by atoms with Crippen molar-refractivity contribution in [1.82, 2.24) is 10.2 Å². The molecule has 0 aliphatic carbocycles. The third-order valence-electron chi connectivity index (χ3n) is 4.24. The van der Waals surface area contributed by atoms with E-state index in [1.165, 1.54) is 6.42 Å². The van der Waals surface area contributed by atoms with E-state index in [0.29, 0.717) is 19.1 Å². The highest BCUT2D eigenvalue weighted by Gasteiger charge is 2.26. The summed E-state index contributed by atoms with van der Waals surface area (Å²) < 4.78 is 5.19. The Morgan fingerprint density at radius 3 is 3.05 bits per heavy atom. The fraction of sp³-hybridized carbons (Fsp3) is 0.588. The van der Waals surface area contributed by atoms with E-state index in [4.69, 9.17) is 10.5 Å². The van der Waals surface area contributed by atoms with Gasteiger partial charge in [-0.15, -0.1) is 0 Å². The van der Waals surface area contributed by atoms with Crippen molar-refractivity contribution in [2.24, 2.45) is 5.73 Å². The minimum absolute atomic E-state index is 0.0513. The standard InChI is InChI=1S/C17H27N3O2/c1-13(18)16-8-3-4-9-20(16)12-17(21)19-11-14-6-5-7-15(10-14)22-2/h5-7,10,13,16H,3-4,8-9,11-12,18H2,1-2H3,(H,19,21). The van der Waals surface area contributed by atoms with Gasteiger partial charge in [-0.3, -0.25) is 9.69 Å². The van der Waals surface area contributed by atoms with Gasteiger partial charge in [0.05, 0.1) is 13.7 Å². The largest absolute Gasteiger partial charge is 0.497 e. The zero-order chi connectivity index (χ0) is 15.9. The molecule has 5 nitrogen and oxygen atoms in total. The number of carbonyl (C=O) groups excluding carboxylic acids is 1. The van der Waals surface area contributed by atoms with E-state index in [1.54, 1.807) is 7.11 Å². The summed E-state index contributed by atoms with van der Waals surface area (Å²) in [5.41, 5.74) is 7.08. The summed E-state index contributed by atoms with van der Waals surface area (Å²) in [5.74, 6) is 0.857. The Morgan fingerprint density at radius 1 is 1.50 bits per heavy atom. The number of carbonyl (C=O) groups is 1. The van der Waals surface area contributed by atoms with E-state index in [-0.39, 0.29) is 11.9 Å². The van der Waals surface area contributed by atoms with Gasteiger partial charge in [0.15, 0.2) is 0 Å². The molecular formula is C17H27N3O2. The van der Waals surface area contributed by atoms with E-state index >= 15 is 0 Å². The first kappa shape index (κ1) is 16.8. The SMILES string of the molecule is COc1cccc(CNC(=O)CN2CCCCC2C(C)N)c1. The van der Waals surface area contributed by atoms with Crippen LogP contribution in [0, 0.1) is 0 Å². The number of ether oxygens (including phenoxy) is 1. The number of nitrogens with zero attached hydrogens (tertiary/aromatic N) is 1. The van der Waals surface area contributed by atoms with E-state index in [2.05, 4.69) is 10.2 Å². The van der Waals surface area contributed by atoms with Gasteiger partial charge in [0, 0.05) is 18.6 Å². The fourth-order valence-electron chi connectivity index (χ4n) is 3.03. The molecule has 0 bridgehead atoms. The number of nitrogens with two attached hydrogens (primary N) is 1. The first-order valence-corrected chi connectivity index (χ1v) is 7.99. The van der Waals surface area contributed by atoms with Gasteiger partial charge in [-0.25, -0.2) is 0 Å². The number of hydrogen-bond acceptors (Lipinski definition) is 4. The van der Waals surface area contributed by atoms with Crippen molar-refractivity contribution < 1.29 is 9.53 Å². The van der Waals surface area contributed by atoms with Crippen LogP contribution >= 0.6 is 0 Å². The van der Waals surface area contributed by atoms with E-state index in [0.717, 1.165) is 30.7 Å². The van der Waals surface area contributed by atoms with E-state index in [1.807, 2.05) is 31.2 Å². The number of benzene rings is 1. The topological polar surface area (TPSA) is 67.6 Å². The number of amides is 1. The van der Waals surface area contributed by atoms with Crippen LogP contribution in [-0.4, -0.2) is 43.1 Å². The average molecular weight is 305 g/mol. The van der Waals surface area contributed by atoms with Gasteiger partial charge in [0.2, 0.25) is 5.91 Å². The molecule has 1 aromatic carbocycles. The maximum absolute atomic E-state index is 12.2. The highest BCUT2D eigenvalue weighted by atomic mass is 16.5. The van der Waals surface area contributed by atoms with Gasteiger partial charge < -0.3 is 15.8 Å². The number of methoxy groups -OCH3 is 1. The quantitative estimate of drug-likeness (QED) is 0.836. The second-order valence-corrected chi connectivity index (χ2v) is 6.02. The summed E-state index contributed by atoms with van der Waals surface area (Å²) in [4.78, 5) is 14.4. The molecule has 1 saturated heterocycles. The Labute approximate surface area is 132 Å². The normalized spacial score (nSPS) is 20.4. The predicted molar refractivity (Wildman–Crippen MR) is 87.7 cm³/mol. The fourth-order valence-corrected chi connectivity index (χ4v) is 3.03. The molecule has 1 fully saturated rings. The number of rotatable bonds is 6. The molecule has 0 radical (unpaired) electrons. The predicted octanol–water partition coefficient (Wildman–Crippen LogP) is 1.51. The Kier molecular flexibility index (Phi) is 6.21. The summed E-state index contributed by atoms with van der Waals surface area (Å²) in [6.45, 7) is 3.93. The van der Waals surface area contributed by atoms with Crippen LogP contribution in [0.4, 0.5) is 0 Å². The third-order valence-corrected chi connectivity index (χ3v) is 4.24. The number of nitrogens with one attached hydrogen (secondary N) is 1. The molecule has 2 atom stereocenters. The minimum atomic E-state index is 0.0513. The summed E-state index contributed by atoms with van der Waals surface area (Å²) in [6.07, 6.45) is 3.43. The van der Waals surface area contributed by atoms with Crippen LogP contribution in [0.1, 0.15) is 31.7 Å². The smallest absolute Gasteiger partial charge is 0.234 e. The van der Waals surface area contributed by atoms with E-state index < -0.39 is 0 Å². The lowest BCUT2D eigenvalue weighted by molar-refractivity contribution is -0.123. The molecule has 122 valence electrons. The Hall–Kier alpha value is -1.59. The van der Waals surface area contributed by atoms with Crippen molar-refractivity contribution in [2.45, 2.75) is 44.8 Å². The van der Waals surface area contributed by atoms with Gasteiger partial charge in [-0.05, 0) is 44.0 Å². The van der Waals surface area contributed by atoms with Crippen molar-refractivity contribution in [1.29, 1.82) is 0 Å². The Balaban J connectivity index is 1.84. The average Bonchev–Trinajstić information content (AvgIpc) is 2.53. The Morgan fingerprint density at radius 2 is 2.32 bits per heavy atom. The molecule has 22 heavy (non-hydrogen) atoms. The summed E-state index contributed by atoms with van der Waals surface area (Å²) in [7, 11) is 1.64. The first-order valence-electron chi connectivity index (χ1n) is 7.99. The summed E-state index contributed by atoms with van der Waals surface area (Å²) in [5, 5.41) is 2.98. The molecule has 0 spiro atoms. The highest BCUT2D eigenvalue weighted by Crippen LogP contribution is 2.18. The molecular weight excluding hydrogens is 278 g/mol. The van der Waals surface area contributed by atoms with Crippen LogP contribution in [-0.2, 0) is 11.3 Å². The number of likely N-dealkylation sites (tertiary alicyclic amines) is 1. The van der Waals surface area contributed by atoms with Crippen LogP contribution < -0.4 is 15.8 Å². The number of hydrogen-bond donors (Lipinski definition) is 2. The van der Waals surface area contributed by atoms with Crippen molar-refractivity contribution in [3.05, 3.63) is 29.8 Å². The molecule has 1 heterocycles. The van der Waals surface area contributed by atoms with Gasteiger partial charge >= 0.3 is 0 Å². The van der Waals surface area contributed by atoms with Gasteiger partial charge in [0.25, 0.3) is 0 Å². The van der Waals surface area contributed by atoms with Crippen molar-refractivity contribution in [2.75, 3.05) is 20.2 Å². The van der Waals surface area contributed by atoms with Crippen LogP contribution in [0.3, 0.4) is 0 Å². The van der Waals surface area contributed by atoms with E-state index in [9.17, 15) is 4.79 Å². The summed E-state index contributed by atoms with van der Waals surface area (Å²) >= 11 is 0. The minimum Gasteiger partial charge on any atom is -0.497 e. The third kappa shape index (κ3) is 4.71. The van der Waals surface area contributed by atoms with Gasteiger partial charge in [0.1, 0.15) is 5.75 Å². The van der Waals surface area contributed by atoms with Crippen LogP contribution in [0.5, 0.6) is 5.75 Å².